The fourth-order valence-electron chi connectivity index (χ4n) is 4.29. The number of carbonyl (C=O) groups excluding carboxylic acids is 1. The van der Waals surface area contributed by atoms with Crippen molar-refractivity contribution < 1.29 is 13.2 Å². The minimum Gasteiger partial charge on any atom is -0.325 e. The molecule has 2 heterocycles. The van der Waals surface area contributed by atoms with E-state index in [1.54, 1.807) is 28.6 Å². The molecule has 3 rings (SSSR count). The fraction of sp³-hybridized carbons (Fsp3) is 0.667. The molecule has 0 aromatic heterocycles. The molecule has 2 aliphatic rings. The number of carbonyl (C=O) groups is 1. The van der Waals surface area contributed by atoms with Gasteiger partial charge in [0.05, 0.1) is 11.4 Å². The quantitative estimate of drug-likeness (QED) is 0.815. The Labute approximate surface area is 169 Å². The van der Waals surface area contributed by atoms with Crippen molar-refractivity contribution in [3.8, 4) is 0 Å². The lowest BCUT2D eigenvalue weighted by Gasteiger charge is -2.34. The highest BCUT2D eigenvalue weighted by molar-refractivity contribution is 7.89. The zero-order valence-electron chi connectivity index (χ0n) is 17.2. The fourth-order valence-corrected chi connectivity index (χ4v) is 5.96. The first-order valence-corrected chi connectivity index (χ1v) is 11.8. The van der Waals surface area contributed by atoms with Crippen molar-refractivity contribution in [2.45, 2.75) is 44.9 Å². The smallest absolute Gasteiger partial charge is 0.243 e. The first-order valence-electron chi connectivity index (χ1n) is 10.4. The molecule has 7 heteroatoms. The monoisotopic (exact) mass is 407 g/mol. The van der Waals surface area contributed by atoms with E-state index in [1.807, 2.05) is 0 Å². The van der Waals surface area contributed by atoms with Crippen molar-refractivity contribution in [1.29, 1.82) is 0 Å². The molecule has 2 saturated heterocycles. The molecule has 0 bridgehead atoms. The second-order valence-corrected chi connectivity index (χ2v) is 10.7. The molecule has 0 radical (unpaired) electrons. The number of piperidine rings is 2. The van der Waals surface area contributed by atoms with Crippen molar-refractivity contribution in [3.63, 3.8) is 0 Å². The number of nitrogens with one attached hydrogen (secondary N) is 1. The molecule has 1 aromatic carbocycles. The van der Waals surface area contributed by atoms with Gasteiger partial charge in [-0.05, 0) is 74.4 Å². The molecule has 2 atom stereocenters. The van der Waals surface area contributed by atoms with Gasteiger partial charge in [-0.2, -0.15) is 4.31 Å². The van der Waals surface area contributed by atoms with Gasteiger partial charge in [-0.25, -0.2) is 8.42 Å². The van der Waals surface area contributed by atoms with E-state index in [1.165, 1.54) is 0 Å². The molecule has 0 spiro atoms. The predicted octanol–water partition coefficient (Wildman–Crippen LogP) is 3.02. The standard InChI is InChI=1S/C21H33N3O3S/c1-16-8-10-23(11-9-16)15-21(25)22-19-4-6-20(7-5-19)28(26,27)24-13-17(2)12-18(3)14-24/h4-7,16-18H,8-15H2,1-3H3,(H,22,25)/t17-,18-/m0/s1. The number of hydrogen-bond donors (Lipinski definition) is 1. The summed E-state index contributed by atoms with van der Waals surface area (Å²) in [5, 5.41) is 2.88. The molecule has 1 N–H and O–H groups in total. The van der Waals surface area contributed by atoms with Gasteiger partial charge in [-0.1, -0.05) is 20.8 Å². The summed E-state index contributed by atoms with van der Waals surface area (Å²) >= 11 is 0. The average Bonchev–Trinajstić information content (AvgIpc) is 2.63. The van der Waals surface area contributed by atoms with Crippen molar-refractivity contribution in [2.75, 3.05) is 38.0 Å². The molecule has 156 valence electrons. The summed E-state index contributed by atoms with van der Waals surface area (Å²) in [4.78, 5) is 14.7. The highest BCUT2D eigenvalue weighted by Gasteiger charge is 2.31. The van der Waals surface area contributed by atoms with Gasteiger partial charge < -0.3 is 5.32 Å². The Bertz CT molecular complexity index is 761. The summed E-state index contributed by atoms with van der Waals surface area (Å²) in [6.45, 7) is 9.88. The minimum absolute atomic E-state index is 0.0520. The largest absolute Gasteiger partial charge is 0.325 e. The third-order valence-electron chi connectivity index (χ3n) is 5.85. The summed E-state index contributed by atoms with van der Waals surface area (Å²) in [6, 6.07) is 6.55. The highest BCUT2D eigenvalue weighted by Crippen LogP contribution is 2.27. The summed E-state index contributed by atoms with van der Waals surface area (Å²) in [7, 11) is -3.49. The predicted molar refractivity (Wildman–Crippen MR) is 112 cm³/mol. The van der Waals surface area contributed by atoms with Gasteiger partial charge in [0.15, 0.2) is 0 Å². The Morgan fingerprint density at radius 3 is 2.14 bits per heavy atom. The Morgan fingerprint density at radius 1 is 1.00 bits per heavy atom. The Kier molecular flexibility index (Phi) is 6.78. The summed E-state index contributed by atoms with van der Waals surface area (Å²) in [5.74, 6) is 1.42. The van der Waals surface area contributed by atoms with E-state index in [9.17, 15) is 13.2 Å². The molecular formula is C21H33N3O3S. The molecule has 6 nitrogen and oxygen atoms in total. The van der Waals surface area contributed by atoms with E-state index in [-0.39, 0.29) is 10.8 Å². The maximum atomic E-state index is 12.9. The lowest BCUT2D eigenvalue weighted by atomic mass is 9.94. The summed E-state index contributed by atoms with van der Waals surface area (Å²) in [6.07, 6.45) is 3.33. The van der Waals surface area contributed by atoms with Crippen LogP contribution in [0.2, 0.25) is 0 Å². The van der Waals surface area contributed by atoms with Crippen molar-refractivity contribution >= 4 is 21.6 Å². The van der Waals surface area contributed by atoms with Gasteiger partial charge in [0.25, 0.3) is 0 Å². The number of amides is 1. The van der Waals surface area contributed by atoms with E-state index in [0.717, 1.165) is 38.3 Å². The highest BCUT2D eigenvalue weighted by atomic mass is 32.2. The van der Waals surface area contributed by atoms with Crippen LogP contribution in [0.5, 0.6) is 0 Å². The van der Waals surface area contributed by atoms with Gasteiger partial charge in [0.1, 0.15) is 0 Å². The molecule has 1 amide bonds. The number of likely N-dealkylation sites (tertiary alicyclic amines) is 1. The maximum Gasteiger partial charge on any atom is 0.243 e. The van der Waals surface area contributed by atoms with Crippen LogP contribution in [-0.2, 0) is 14.8 Å². The van der Waals surface area contributed by atoms with Crippen LogP contribution in [0, 0.1) is 17.8 Å². The summed E-state index contributed by atoms with van der Waals surface area (Å²) in [5.41, 5.74) is 0.634. The Balaban J connectivity index is 1.59. The molecule has 1 aromatic rings. The average molecular weight is 408 g/mol. The van der Waals surface area contributed by atoms with Gasteiger partial charge in [-0.15, -0.1) is 0 Å². The van der Waals surface area contributed by atoms with Crippen LogP contribution >= 0.6 is 0 Å². The maximum absolute atomic E-state index is 12.9. The number of sulfonamides is 1. The Hall–Kier alpha value is -1.44. The topological polar surface area (TPSA) is 69.7 Å². The third-order valence-corrected chi connectivity index (χ3v) is 7.70. The number of benzene rings is 1. The molecule has 0 unspecified atom stereocenters. The molecule has 0 aliphatic carbocycles. The van der Waals surface area contributed by atoms with E-state index in [2.05, 4.69) is 31.0 Å². The van der Waals surface area contributed by atoms with Crippen molar-refractivity contribution in [1.82, 2.24) is 9.21 Å². The van der Waals surface area contributed by atoms with Gasteiger partial charge >= 0.3 is 0 Å². The van der Waals surface area contributed by atoms with Crippen LogP contribution in [0.15, 0.2) is 29.2 Å². The molecule has 0 saturated carbocycles. The van der Waals surface area contributed by atoms with Crippen LogP contribution in [0.4, 0.5) is 5.69 Å². The summed E-state index contributed by atoms with van der Waals surface area (Å²) < 4.78 is 27.5. The van der Waals surface area contributed by atoms with Crippen LogP contribution in [0.3, 0.4) is 0 Å². The van der Waals surface area contributed by atoms with E-state index in [0.29, 0.717) is 37.2 Å². The van der Waals surface area contributed by atoms with Gasteiger partial charge in [0, 0.05) is 18.8 Å². The number of rotatable bonds is 5. The molecular weight excluding hydrogens is 374 g/mol. The lowest BCUT2D eigenvalue weighted by molar-refractivity contribution is -0.117. The van der Waals surface area contributed by atoms with E-state index < -0.39 is 10.0 Å². The number of nitrogens with zero attached hydrogens (tertiary/aromatic N) is 2. The van der Waals surface area contributed by atoms with Crippen LogP contribution in [0.1, 0.15) is 40.0 Å². The second kappa shape index (κ2) is 8.93. The lowest BCUT2D eigenvalue weighted by Crippen LogP contribution is -2.42. The van der Waals surface area contributed by atoms with Crippen LogP contribution in [-0.4, -0.2) is 56.3 Å². The molecule has 2 aliphatic heterocycles. The van der Waals surface area contributed by atoms with Crippen molar-refractivity contribution in [3.05, 3.63) is 24.3 Å². The van der Waals surface area contributed by atoms with Gasteiger partial charge in [0.2, 0.25) is 15.9 Å². The van der Waals surface area contributed by atoms with E-state index >= 15 is 0 Å². The molecule has 28 heavy (non-hydrogen) atoms. The van der Waals surface area contributed by atoms with Gasteiger partial charge in [-0.3, -0.25) is 9.69 Å². The molecule has 2 fully saturated rings. The number of anilines is 1. The first-order chi connectivity index (χ1) is 13.2. The van der Waals surface area contributed by atoms with Crippen LogP contribution < -0.4 is 5.32 Å². The minimum atomic E-state index is -3.49. The first kappa shape index (κ1) is 21.3. The van der Waals surface area contributed by atoms with E-state index in [4.69, 9.17) is 0 Å². The van der Waals surface area contributed by atoms with Crippen molar-refractivity contribution in [2.24, 2.45) is 17.8 Å². The SMILES string of the molecule is CC1CCN(CC(=O)Nc2ccc(S(=O)(=O)N3C[C@@H](C)C[C@H](C)C3)cc2)CC1. The number of hydrogen-bond acceptors (Lipinski definition) is 4. The second-order valence-electron chi connectivity index (χ2n) is 8.80. The normalized spacial score (nSPS) is 25.5. The zero-order chi connectivity index (χ0) is 20.3. The third kappa shape index (κ3) is 5.33. The zero-order valence-corrected chi connectivity index (χ0v) is 18.0. The Morgan fingerprint density at radius 2 is 1.57 bits per heavy atom. The van der Waals surface area contributed by atoms with Crippen LogP contribution in [0.25, 0.3) is 0 Å².